The van der Waals surface area contributed by atoms with E-state index >= 15 is 0 Å². The Labute approximate surface area is 240 Å². The van der Waals surface area contributed by atoms with Crippen molar-refractivity contribution < 1.29 is 9.84 Å². The van der Waals surface area contributed by atoms with Crippen molar-refractivity contribution in [1.29, 1.82) is 0 Å². The molecule has 38 heavy (non-hydrogen) atoms. The quantitative estimate of drug-likeness (QED) is 0.313. The van der Waals surface area contributed by atoms with E-state index < -0.39 is 5.60 Å². The molecule has 214 valence electrons. The summed E-state index contributed by atoms with van der Waals surface area (Å²) in [6.45, 7) is 14.8. The Morgan fingerprint density at radius 2 is 1.76 bits per heavy atom. The number of fused-ring (bicyclic) bond motifs is 5. The number of aryl methyl sites for hydroxylation is 1. The zero-order valence-electron chi connectivity index (χ0n) is 25.5. The summed E-state index contributed by atoms with van der Waals surface area (Å²) in [4.78, 5) is 0.380. The van der Waals surface area contributed by atoms with E-state index in [1.54, 1.807) is 0 Å². The molecular weight excluding hydrogens is 531 g/mol. The van der Waals surface area contributed by atoms with Crippen LogP contribution in [0, 0.1) is 53.3 Å². The standard InChI is InChI=1S/C35H56O2Se/c1-23(2)11-10-13-24(3)28-15-16-29-27-21-32(38-31-14-9-8-12-25(31)4)35(36)22-26(37-7)17-20-34(35,6)30(27)18-19-33(28,29)5/h8-9,12,14,23-24,26-30,32,36H,10-11,13,15-22H2,1-7H3/t24-,26+,27+,28-,29+,30+,32-,33-,34-,35+/m1/s1. The summed E-state index contributed by atoms with van der Waals surface area (Å²) in [5, 5.41) is 12.8. The van der Waals surface area contributed by atoms with Gasteiger partial charge in [-0.2, -0.15) is 0 Å². The summed E-state index contributed by atoms with van der Waals surface area (Å²) >= 11 is 0.276. The van der Waals surface area contributed by atoms with E-state index in [-0.39, 0.29) is 26.5 Å². The fourth-order valence-corrected chi connectivity index (χ4v) is 13.8. The van der Waals surface area contributed by atoms with Gasteiger partial charge in [-0.05, 0) is 0 Å². The van der Waals surface area contributed by atoms with Crippen molar-refractivity contribution in [2.45, 2.75) is 129 Å². The van der Waals surface area contributed by atoms with Gasteiger partial charge in [0, 0.05) is 0 Å². The molecule has 10 atom stereocenters. The van der Waals surface area contributed by atoms with Crippen molar-refractivity contribution in [2.75, 3.05) is 7.11 Å². The van der Waals surface area contributed by atoms with Gasteiger partial charge in [0.05, 0.1) is 0 Å². The maximum absolute atomic E-state index is 12.8. The van der Waals surface area contributed by atoms with Crippen molar-refractivity contribution in [2.24, 2.45) is 46.3 Å². The molecule has 0 radical (unpaired) electrons. The first-order chi connectivity index (χ1) is 18.0. The molecule has 0 aromatic heterocycles. The average molecular weight is 588 g/mol. The van der Waals surface area contributed by atoms with Gasteiger partial charge in [0.25, 0.3) is 0 Å². The molecule has 4 aliphatic carbocycles. The van der Waals surface area contributed by atoms with Gasteiger partial charge in [0.15, 0.2) is 0 Å². The van der Waals surface area contributed by atoms with Gasteiger partial charge >= 0.3 is 241 Å². The average Bonchev–Trinajstić information content (AvgIpc) is 3.23. The Bertz CT molecular complexity index is 961. The van der Waals surface area contributed by atoms with Crippen molar-refractivity contribution in [3.8, 4) is 0 Å². The second-order valence-corrected chi connectivity index (χ2v) is 17.6. The molecule has 2 nitrogen and oxygen atoms in total. The van der Waals surface area contributed by atoms with E-state index in [9.17, 15) is 5.11 Å². The Balaban J connectivity index is 1.44. The number of ether oxygens (including phenoxy) is 1. The van der Waals surface area contributed by atoms with Crippen molar-refractivity contribution in [3.63, 3.8) is 0 Å². The number of methoxy groups -OCH3 is 1. The molecular formula is C35H56O2Se. The van der Waals surface area contributed by atoms with E-state index in [2.05, 4.69) is 65.8 Å². The van der Waals surface area contributed by atoms with Crippen LogP contribution in [0.2, 0.25) is 4.82 Å². The molecule has 4 fully saturated rings. The van der Waals surface area contributed by atoms with Gasteiger partial charge < -0.3 is 0 Å². The molecule has 0 aliphatic heterocycles. The van der Waals surface area contributed by atoms with E-state index in [4.69, 9.17) is 4.74 Å². The van der Waals surface area contributed by atoms with Gasteiger partial charge in [0.2, 0.25) is 0 Å². The number of aliphatic hydroxyl groups is 1. The molecule has 0 saturated heterocycles. The zero-order chi connectivity index (χ0) is 27.3. The summed E-state index contributed by atoms with van der Waals surface area (Å²) in [6.07, 6.45) is 14.3. The minimum atomic E-state index is -0.606. The number of benzene rings is 1. The van der Waals surface area contributed by atoms with Crippen LogP contribution < -0.4 is 4.46 Å². The van der Waals surface area contributed by atoms with Gasteiger partial charge in [-0.3, -0.25) is 0 Å². The van der Waals surface area contributed by atoms with E-state index in [1.165, 1.54) is 61.4 Å². The van der Waals surface area contributed by atoms with Gasteiger partial charge in [-0.25, -0.2) is 0 Å². The fraction of sp³-hybridized carbons (Fsp3) is 0.829. The third-order valence-electron chi connectivity index (χ3n) is 12.7. The monoisotopic (exact) mass is 588 g/mol. The molecule has 0 heterocycles. The van der Waals surface area contributed by atoms with Gasteiger partial charge in [-0.1, -0.05) is 0 Å². The molecule has 1 aromatic rings. The maximum atomic E-state index is 12.8. The third-order valence-corrected chi connectivity index (χ3v) is 16.0. The molecule has 0 bridgehead atoms. The SMILES string of the molecule is CO[C@H]1CC[C@]2(C)[C@H]3CC[C@]4(C)[C@@H]([C@H](C)CCCC(C)C)CC[C@H]4[C@@H]3C[C@@H]([Se]c3ccccc3C)[C@@]2(O)C1. The van der Waals surface area contributed by atoms with Gasteiger partial charge in [0.1, 0.15) is 0 Å². The van der Waals surface area contributed by atoms with E-state index in [0.29, 0.717) is 16.1 Å². The minimum absolute atomic E-state index is 0.0162. The second kappa shape index (κ2) is 11.1. The van der Waals surface area contributed by atoms with Crippen LogP contribution in [0.5, 0.6) is 0 Å². The van der Waals surface area contributed by atoms with Crippen LogP contribution in [-0.4, -0.2) is 38.9 Å². The first kappa shape index (κ1) is 29.2. The van der Waals surface area contributed by atoms with Crippen molar-refractivity contribution in [1.82, 2.24) is 0 Å². The predicted octanol–water partition coefficient (Wildman–Crippen LogP) is 7.97. The molecule has 0 unspecified atom stereocenters. The van der Waals surface area contributed by atoms with Crippen LogP contribution >= 0.6 is 0 Å². The normalized spacial score (nSPS) is 43.4. The van der Waals surface area contributed by atoms with Crippen LogP contribution in [0.4, 0.5) is 0 Å². The summed E-state index contributed by atoms with van der Waals surface area (Å²) in [7, 11) is 1.86. The molecule has 3 heteroatoms. The molecule has 4 aliphatic rings. The molecule has 1 N–H and O–H groups in total. The summed E-state index contributed by atoms with van der Waals surface area (Å²) < 4.78 is 7.43. The predicted molar refractivity (Wildman–Crippen MR) is 161 cm³/mol. The topological polar surface area (TPSA) is 29.5 Å². The Hall–Kier alpha value is -0.341. The van der Waals surface area contributed by atoms with Gasteiger partial charge in [-0.15, -0.1) is 0 Å². The first-order valence-corrected chi connectivity index (χ1v) is 17.9. The van der Waals surface area contributed by atoms with E-state index in [1.807, 2.05) is 7.11 Å². The van der Waals surface area contributed by atoms with Crippen LogP contribution in [-0.2, 0) is 4.74 Å². The van der Waals surface area contributed by atoms with Crippen LogP contribution in [0.15, 0.2) is 24.3 Å². The van der Waals surface area contributed by atoms with Crippen LogP contribution in [0.25, 0.3) is 0 Å². The number of hydrogen-bond donors (Lipinski definition) is 1. The second-order valence-electron chi connectivity index (χ2n) is 15.0. The number of rotatable bonds is 8. The van der Waals surface area contributed by atoms with Crippen molar-refractivity contribution in [3.05, 3.63) is 29.8 Å². The molecule has 5 rings (SSSR count). The molecule has 0 spiro atoms. The zero-order valence-corrected chi connectivity index (χ0v) is 27.2. The number of hydrogen-bond acceptors (Lipinski definition) is 2. The first-order valence-electron chi connectivity index (χ1n) is 16.0. The Morgan fingerprint density at radius 3 is 2.47 bits per heavy atom. The summed E-state index contributed by atoms with van der Waals surface area (Å²) in [5.74, 6) is 4.85. The van der Waals surface area contributed by atoms with Crippen molar-refractivity contribution >= 4 is 19.4 Å². The third kappa shape index (κ3) is 4.88. The van der Waals surface area contributed by atoms with Crippen LogP contribution in [0.3, 0.4) is 0 Å². The Kier molecular flexibility index (Phi) is 8.56. The molecule has 4 saturated carbocycles. The summed E-state index contributed by atoms with van der Waals surface area (Å²) in [6, 6.07) is 8.98. The molecule has 1 aromatic carbocycles. The Morgan fingerprint density at radius 1 is 1.00 bits per heavy atom. The van der Waals surface area contributed by atoms with Crippen LogP contribution in [0.1, 0.15) is 111 Å². The van der Waals surface area contributed by atoms with E-state index in [0.717, 1.165) is 48.9 Å². The molecule has 0 amide bonds. The summed E-state index contributed by atoms with van der Waals surface area (Å²) in [5.41, 5.74) is 1.31. The fourth-order valence-electron chi connectivity index (χ4n) is 10.4.